The number of ketones is 2. The Bertz CT molecular complexity index is 1420. The minimum atomic E-state index is -0.424. The largest absolute Gasteiger partial charge is 0.483 e. The molecule has 2 aliphatic carbocycles. The second-order valence-corrected chi connectivity index (χ2v) is 13.9. The molecule has 0 bridgehead atoms. The number of halogens is 2. The van der Waals surface area contributed by atoms with Gasteiger partial charge in [-0.15, -0.1) is 0 Å². The minimum Gasteiger partial charge on any atom is -0.483 e. The van der Waals surface area contributed by atoms with Crippen molar-refractivity contribution in [2.45, 2.75) is 59.3 Å². The molecule has 3 aliphatic rings. The molecule has 0 unspecified atom stereocenters. The molecule has 1 amide bonds. The van der Waals surface area contributed by atoms with Crippen molar-refractivity contribution in [3.63, 3.8) is 0 Å². The van der Waals surface area contributed by atoms with Crippen molar-refractivity contribution in [1.29, 1.82) is 0 Å². The molecule has 8 heteroatoms. The van der Waals surface area contributed by atoms with E-state index in [9.17, 15) is 14.4 Å². The van der Waals surface area contributed by atoms with E-state index in [1.807, 2.05) is 19.2 Å². The summed E-state index contributed by atoms with van der Waals surface area (Å²) in [5, 5.41) is 3.37. The summed E-state index contributed by atoms with van der Waals surface area (Å²) in [6.07, 6.45) is 2.45. The van der Waals surface area contributed by atoms with Crippen LogP contribution >= 0.6 is 27.5 Å². The quantitative estimate of drug-likeness (QED) is 0.374. The molecule has 2 aromatic rings. The molecule has 6 nitrogen and oxygen atoms in total. The van der Waals surface area contributed by atoms with Gasteiger partial charge < -0.3 is 15.0 Å². The lowest BCUT2D eigenvalue weighted by Gasteiger charge is -2.47. The lowest BCUT2D eigenvalue weighted by Crippen LogP contribution is -2.43. The molecule has 1 N–H and O–H groups in total. The molecule has 0 radical (unpaired) electrons. The highest BCUT2D eigenvalue weighted by atomic mass is 79.9. The lowest BCUT2D eigenvalue weighted by molar-refractivity contribution is -0.120. The zero-order valence-electron chi connectivity index (χ0n) is 23.5. The Labute approximate surface area is 248 Å². The summed E-state index contributed by atoms with van der Waals surface area (Å²) < 4.78 is 6.47. The van der Waals surface area contributed by atoms with Crippen molar-refractivity contribution in [3.8, 4) is 5.75 Å². The SMILES string of the molecule is CN1C2=C(C(=O)CC(C)(C)C2)C(c2ccc(OCC(=O)Nc3ccc(Cl)cc3)c(Br)c2)C2=C1CC(C)(C)CC2=O. The van der Waals surface area contributed by atoms with Gasteiger partial charge in [-0.1, -0.05) is 45.4 Å². The number of carbonyl (C=O) groups is 3. The number of amides is 1. The first-order chi connectivity index (χ1) is 18.7. The Morgan fingerprint density at radius 2 is 1.50 bits per heavy atom. The maximum Gasteiger partial charge on any atom is 0.262 e. The number of rotatable bonds is 5. The number of hydrogen-bond acceptors (Lipinski definition) is 5. The molecule has 210 valence electrons. The standard InChI is InChI=1S/C32H34BrClN2O4/c1-31(2)13-22-29(24(37)15-31)28(30-23(36(22)5)14-32(3,4)16-25(30)38)18-6-11-26(21(33)12-18)40-17-27(39)35-20-9-7-19(34)8-10-20/h6-12,28H,13-17H2,1-5H3,(H,35,39). The van der Waals surface area contributed by atoms with E-state index in [1.165, 1.54) is 0 Å². The molecule has 0 spiro atoms. The summed E-state index contributed by atoms with van der Waals surface area (Å²) in [5.74, 6) is -0.0280. The van der Waals surface area contributed by atoms with E-state index < -0.39 is 5.92 Å². The molecular weight excluding hydrogens is 592 g/mol. The molecule has 2 aromatic carbocycles. The number of ether oxygens (including phenoxy) is 1. The third-order valence-corrected chi connectivity index (χ3v) is 8.83. The van der Waals surface area contributed by atoms with Gasteiger partial charge >= 0.3 is 0 Å². The zero-order chi connectivity index (χ0) is 29.0. The molecule has 0 atom stereocenters. The van der Waals surface area contributed by atoms with Crippen LogP contribution in [0.25, 0.3) is 0 Å². The van der Waals surface area contributed by atoms with Crippen LogP contribution in [0.4, 0.5) is 5.69 Å². The fraction of sp³-hybridized carbons (Fsp3) is 0.406. The fourth-order valence-corrected chi connectivity index (χ4v) is 6.82. The number of nitrogens with zero attached hydrogens (tertiary/aromatic N) is 1. The third-order valence-electron chi connectivity index (χ3n) is 7.96. The highest BCUT2D eigenvalue weighted by Gasteiger charge is 2.48. The van der Waals surface area contributed by atoms with Gasteiger partial charge in [-0.2, -0.15) is 0 Å². The van der Waals surface area contributed by atoms with Crippen LogP contribution in [0.5, 0.6) is 5.75 Å². The maximum absolute atomic E-state index is 13.7. The predicted molar refractivity (Wildman–Crippen MR) is 160 cm³/mol. The summed E-state index contributed by atoms with van der Waals surface area (Å²) in [6, 6.07) is 12.5. The van der Waals surface area contributed by atoms with Gasteiger partial charge in [0.15, 0.2) is 18.2 Å². The fourth-order valence-electron chi connectivity index (χ4n) is 6.19. The normalized spacial score (nSPS) is 20.3. The predicted octanol–water partition coefficient (Wildman–Crippen LogP) is 7.44. The van der Waals surface area contributed by atoms with Crippen LogP contribution in [-0.2, 0) is 14.4 Å². The molecule has 1 heterocycles. The molecule has 0 aromatic heterocycles. The Balaban J connectivity index is 1.46. The van der Waals surface area contributed by atoms with E-state index in [0.29, 0.717) is 33.8 Å². The van der Waals surface area contributed by atoms with E-state index in [0.717, 1.165) is 40.9 Å². The number of carbonyl (C=O) groups excluding carboxylic acids is 3. The lowest BCUT2D eigenvalue weighted by atomic mass is 9.64. The summed E-state index contributed by atoms with van der Waals surface area (Å²) >= 11 is 9.52. The molecule has 5 rings (SSSR count). The summed E-state index contributed by atoms with van der Waals surface area (Å²) in [5.41, 5.74) is 4.70. The smallest absolute Gasteiger partial charge is 0.262 e. The first kappa shape index (κ1) is 28.6. The van der Waals surface area contributed by atoms with Gasteiger partial charge in [0.05, 0.1) is 4.47 Å². The number of Topliss-reactive ketones (excluding diaryl/α,β-unsaturated/α-hetero) is 2. The van der Waals surface area contributed by atoms with Crippen LogP contribution in [0.1, 0.15) is 64.9 Å². The van der Waals surface area contributed by atoms with Crippen LogP contribution < -0.4 is 10.1 Å². The zero-order valence-corrected chi connectivity index (χ0v) is 25.8. The average molecular weight is 626 g/mol. The monoisotopic (exact) mass is 624 g/mol. The van der Waals surface area contributed by atoms with Crippen molar-refractivity contribution in [3.05, 3.63) is 80.1 Å². The van der Waals surface area contributed by atoms with Gasteiger partial charge in [-0.05, 0) is 81.6 Å². The van der Waals surface area contributed by atoms with Gasteiger partial charge in [-0.3, -0.25) is 14.4 Å². The molecule has 1 aliphatic heterocycles. The Morgan fingerprint density at radius 1 is 0.950 bits per heavy atom. The Hall–Kier alpha value is -2.90. The molecule has 40 heavy (non-hydrogen) atoms. The molecule has 0 saturated carbocycles. The maximum atomic E-state index is 13.7. The number of anilines is 1. The number of nitrogens with one attached hydrogen (secondary N) is 1. The van der Waals surface area contributed by atoms with Crippen molar-refractivity contribution in [1.82, 2.24) is 4.90 Å². The molecule has 0 saturated heterocycles. The van der Waals surface area contributed by atoms with Crippen LogP contribution in [0.2, 0.25) is 5.02 Å². The third kappa shape index (κ3) is 5.64. The van der Waals surface area contributed by atoms with Gasteiger partial charge in [-0.25, -0.2) is 0 Å². The number of hydrogen-bond donors (Lipinski definition) is 1. The highest BCUT2D eigenvalue weighted by molar-refractivity contribution is 9.10. The van der Waals surface area contributed by atoms with Crippen molar-refractivity contribution >= 4 is 50.7 Å². The van der Waals surface area contributed by atoms with Crippen LogP contribution in [0.3, 0.4) is 0 Å². The van der Waals surface area contributed by atoms with Gasteiger partial charge in [0.1, 0.15) is 5.75 Å². The van der Waals surface area contributed by atoms with E-state index in [-0.39, 0.29) is 34.9 Å². The van der Waals surface area contributed by atoms with Crippen LogP contribution in [0, 0.1) is 10.8 Å². The number of benzene rings is 2. The van der Waals surface area contributed by atoms with Gasteiger partial charge in [0, 0.05) is 59.1 Å². The topological polar surface area (TPSA) is 75.7 Å². The van der Waals surface area contributed by atoms with E-state index in [1.54, 1.807) is 30.3 Å². The van der Waals surface area contributed by atoms with Crippen molar-refractivity contribution in [2.24, 2.45) is 10.8 Å². The van der Waals surface area contributed by atoms with Gasteiger partial charge in [0.2, 0.25) is 0 Å². The van der Waals surface area contributed by atoms with Crippen LogP contribution in [0.15, 0.2) is 69.5 Å². The van der Waals surface area contributed by atoms with Crippen molar-refractivity contribution in [2.75, 3.05) is 19.0 Å². The summed E-state index contributed by atoms with van der Waals surface area (Å²) in [4.78, 5) is 41.9. The van der Waals surface area contributed by atoms with E-state index >= 15 is 0 Å². The molecule has 0 fully saturated rings. The van der Waals surface area contributed by atoms with Crippen LogP contribution in [-0.4, -0.2) is 36.0 Å². The van der Waals surface area contributed by atoms with E-state index in [2.05, 4.69) is 53.8 Å². The second-order valence-electron chi connectivity index (χ2n) is 12.6. The number of allylic oxidation sites excluding steroid dienone is 4. The summed E-state index contributed by atoms with van der Waals surface area (Å²) in [6.45, 7) is 8.33. The summed E-state index contributed by atoms with van der Waals surface area (Å²) in [7, 11) is 2.01. The second kappa shape index (κ2) is 10.5. The Morgan fingerprint density at radius 3 is 2.02 bits per heavy atom. The first-order valence-electron chi connectivity index (χ1n) is 13.5. The highest BCUT2D eigenvalue weighted by Crippen LogP contribution is 2.54. The van der Waals surface area contributed by atoms with Crippen molar-refractivity contribution < 1.29 is 19.1 Å². The Kier molecular flexibility index (Phi) is 7.51. The van der Waals surface area contributed by atoms with E-state index in [4.69, 9.17) is 16.3 Å². The minimum absolute atomic E-state index is 0.0996. The average Bonchev–Trinajstić information content (AvgIpc) is 2.85. The first-order valence-corrected chi connectivity index (χ1v) is 14.7. The van der Waals surface area contributed by atoms with Gasteiger partial charge in [0.25, 0.3) is 5.91 Å². The molecular formula is C32H34BrClN2O4.